The van der Waals surface area contributed by atoms with Crippen molar-refractivity contribution in [1.29, 1.82) is 0 Å². The standard InChI is InChI=1S/C26H27FN2O4/c1-16(2)11-12-33-23-10-7-18(13-22(23)27)21-15-24(31-3)20(14-25(21)32-4)17-5-8-19(9-6-17)29-26(28)30/h5-11,13-15H,12H2,1-4H3,(H3,28,29,30). The molecule has 0 radical (unpaired) electrons. The van der Waals surface area contributed by atoms with E-state index in [1.165, 1.54) is 6.07 Å². The molecule has 0 unspecified atom stereocenters. The van der Waals surface area contributed by atoms with Crippen molar-refractivity contribution in [2.45, 2.75) is 13.8 Å². The molecule has 0 saturated carbocycles. The summed E-state index contributed by atoms with van der Waals surface area (Å²) in [5, 5.41) is 2.53. The molecule has 0 saturated heterocycles. The summed E-state index contributed by atoms with van der Waals surface area (Å²) in [5.41, 5.74) is 9.78. The van der Waals surface area contributed by atoms with E-state index in [-0.39, 0.29) is 5.75 Å². The molecule has 0 fully saturated rings. The van der Waals surface area contributed by atoms with Gasteiger partial charge in [0.1, 0.15) is 18.1 Å². The molecule has 0 spiro atoms. The Hall–Kier alpha value is -4.00. The Morgan fingerprint density at radius 2 is 1.48 bits per heavy atom. The fourth-order valence-electron chi connectivity index (χ4n) is 3.31. The van der Waals surface area contributed by atoms with E-state index < -0.39 is 11.8 Å². The van der Waals surface area contributed by atoms with Gasteiger partial charge in [0, 0.05) is 16.8 Å². The molecule has 33 heavy (non-hydrogen) atoms. The molecule has 3 N–H and O–H groups in total. The van der Waals surface area contributed by atoms with Gasteiger partial charge in [0.25, 0.3) is 0 Å². The van der Waals surface area contributed by atoms with Crippen LogP contribution in [0.5, 0.6) is 17.2 Å². The van der Waals surface area contributed by atoms with Crippen molar-refractivity contribution in [1.82, 2.24) is 0 Å². The number of benzene rings is 3. The van der Waals surface area contributed by atoms with Gasteiger partial charge in [-0.2, -0.15) is 0 Å². The highest BCUT2D eigenvalue weighted by Crippen LogP contribution is 2.41. The van der Waals surface area contributed by atoms with Gasteiger partial charge >= 0.3 is 6.03 Å². The first-order chi connectivity index (χ1) is 15.8. The molecule has 172 valence electrons. The third kappa shape index (κ3) is 5.83. The van der Waals surface area contributed by atoms with Crippen LogP contribution in [0.4, 0.5) is 14.9 Å². The molecule has 6 nitrogen and oxygen atoms in total. The number of ether oxygens (including phenoxy) is 3. The number of nitrogens with one attached hydrogen (secondary N) is 1. The second-order valence-corrected chi connectivity index (χ2v) is 7.56. The molecule has 2 amide bonds. The maximum atomic E-state index is 14.7. The zero-order chi connectivity index (χ0) is 24.0. The van der Waals surface area contributed by atoms with Gasteiger partial charge in [-0.05, 0) is 67.4 Å². The SMILES string of the molecule is COc1cc(-c2ccc(OCC=C(C)C)c(F)c2)c(OC)cc1-c1ccc(NC(N)=O)cc1. The summed E-state index contributed by atoms with van der Waals surface area (Å²) < 4.78 is 31.4. The molecule has 7 heteroatoms. The number of carbonyl (C=O) groups is 1. The summed E-state index contributed by atoms with van der Waals surface area (Å²) in [7, 11) is 3.13. The summed E-state index contributed by atoms with van der Waals surface area (Å²) in [5.74, 6) is 0.870. The van der Waals surface area contributed by atoms with E-state index in [4.69, 9.17) is 19.9 Å². The summed E-state index contributed by atoms with van der Waals surface area (Å²) in [6, 6.07) is 15.0. The van der Waals surface area contributed by atoms with E-state index in [1.807, 2.05) is 44.2 Å². The lowest BCUT2D eigenvalue weighted by Crippen LogP contribution is -2.19. The number of primary amides is 1. The zero-order valence-electron chi connectivity index (χ0n) is 19.1. The molecule has 3 aromatic rings. The van der Waals surface area contributed by atoms with Crippen molar-refractivity contribution in [2.75, 3.05) is 26.1 Å². The first kappa shape index (κ1) is 23.7. The number of hydrogen-bond donors (Lipinski definition) is 2. The average Bonchev–Trinajstić information content (AvgIpc) is 2.79. The van der Waals surface area contributed by atoms with E-state index in [0.29, 0.717) is 34.9 Å². The van der Waals surface area contributed by atoms with Crippen molar-refractivity contribution in [3.05, 3.63) is 72.1 Å². The number of urea groups is 1. The average molecular weight is 451 g/mol. The second-order valence-electron chi connectivity index (χ2n) is 7.56. The lowest BCUT2D eigenvalue weighted by Gasteiger charge is -2.16. The minimum absolute atomic E-state index is 0.184. The lowest BCUT2D eigenvalue weighted by molar-refractivity contribution is 0.259. The minimum Gasteiger partial charge on any atom is -0.496 e. The van der Waals surface area contributed by atoms with E-state index in [2.05, 4.69) is 5.32 Å². The van der Waals surface area contributed by atoms with Crippen LogP contribution in [0.2, 0.25) is 0 Å². The Kier molecular flexibility index (Phi) is 7.56. The third-order valence-electron chi connectivity index (χ3n) is 4.96. The number of rotatable bonds is 8. The zero-order valence-corrected chi connectivity index (χ0v) is 19.1. The lowest BCUT2D eigenvalue weighted by atomic mass is 9.97. The molecule has 3 aromatic carbocycles. The van der Waals surface area contributed by atoms with Gasteiger partial charge in [0.15, 0.2) is 11.6 Å². The summed E-state index contributed by atoms with van der Waals surface area (Å²) in [6.07, 6.45) is 1.89. The van der Waals surface area contributed by atoms with Crippen LogP contribution in [0.3, 0.4) is 0 Å². The predicted octanol–water partition coefficient (Wildman–Crippen LogP) is 6.01. The first-order valence-corrected chi connectivity index (χ1v) is 10.3. The van der Waals surface area contributed by atoms with Crippen LogP contribution in [0.1, 0.15) is 13.8 Å². The van der Waals surface area contributed by atoms with E-state index >= 15 is 0 Å². The van der Waals surface area contributed by atoms with Gasteiger partial charge in [-0.3, -0.25) is 0 Å². The molecule has 0 aliphatic heterocycles. The first-order valence-electron chi connectivity index (χ1n) is 10.3. The van der Waals surface area contributed by atoms with Gasteiger partial charge in [0.2, 0.25) is 0 Å². The van der Waals surface area contributed by atoms with Gasteiger partial charge in [-0.25, -0.2) is 9.18 Å². The number of nitrogens with two attached hydrogens (primary N) is 1. The van der Waals surface area contributed by atoms with Gasteiger partial charge < -0.3 is 25.3 Å². The molecule has 3 rings (SSSR count). The summed E-state index contributed by atoms with van der Waals surface area (Å²) >= 11 is 0. The predicted molar refractivity (Wildman–Crippen MR) is 129 cm³/mol. The van der Waals surface area contributed by atoms with Crippen LogP contribution < -0.4 is 25.3 Å². The van der Waals surface area contributed by atoms with Crippen LogP contribution >= 0.6 is 0 Å². The highest BCUT2D eigenvalue weighted by molar-refractivity contribution is 5.88. The maximum Gasteiger partial charge on any atom is 0.316 e. The largest absolute Gasteiger partial charge is 0.496 e. The molecular formula is C26H27FN2O4. The molecule has 0 aromatic heterocycles. The van der Waals surface area contributed by atoms with Crippen molar-refractivity contribution < 1.29 is 23.4 Å². The van der Waals surface area contributed by atoms with Gasteiger partial charge in [-0.1, -0.05) is 23.8 Å². The fourth-order valence-corrected chi connectivity index (χ4v) is 3.31. The van der Waals surface area contributed by atoms with Crippen LogP contribution in [-0.4, -0.2) is 26.9 Å². The molecule has 0 aliphatic rings. The molecule has 0 heterocycles. The van der Waals surface area contributed by atoms with Crippen molar-refractivity contribution in [3.8, 4) is 39.5 Å². The van der Waals surface area contributed by atoms with E-state index in [0.717, 1.165) is 16.7 Å². The molecule has 0 bridgehead atoms. The minimum atomic E-state index is -0.632. The van der Waals surface area contributed by atoms with Crippen LogP contribution in [0.15, 0.2) is 66.2 Å². The van der Waals surface area contributed by atoms with Crippen molar-refractivity contribution in [3.63, 3.8) is 0 Å². The Balaban J connectivity index is 1.96. The van der Waals surface area contributed by atoms with Crippen molar-refractivity contribution in [2.24, 2.45) is 5.73 Å². The van der Waals surface area contributed by atoms with Gasteiger partial charge in [0.05, 0.1) is 14.2 Å². The molecule has 0 aliphatic carbocycles. The Labute approximate surface area is 192 Å². The van der Waals surface area contributed by atoms with Crippen molar-refractivity contribution >= 4 is 11.7 Å². The van der Waals surface area contributed by atoms with E-state index in [9.17, 15) is 9.18 Å². The monoisotopic (exact) mass is 450 g/mol. The number of amides is 2. The summed E-state index contributed by atoms with van der Waals surface area (Å²) in [6.45, 7) is 4.22. The topological polar surface area (TPSA) is 82.8 Å². The fraction of sp³-hybridized carbons (Fsp3) is 0.192. The van der Waals surface area contributed by atoms with Crippen LogP contribution in [0.25, 0.3) is 22.3 Å². The third-order valence-corrected chi connectivity index (χ3v) is 4.96. The second kappa shape index (κ2) is 10.5. The number of anilines is 1. The smallest absolute Gasteiger partial charge is 0.316 e. The normalized spacial score (nSPS) is 10.3. The van der Waals surface area contributed by atoms with Gasteiger partial charge in [-0.15, -0.1) is 0 Å². The highest BCUT2D eigenvalue weighted by atomic mass is 19.1. The Bertz CT molecular complexity index is 1170. The molecule has 0 atom stereocenters. The van der Waals surface area contributed by atoms with E-state index in [1.54, 1.807) is 38.5 Å². The Morgan fingerprint density at radius 3 is 2.00 bits per heavy atom. The summed E-state index contributed by atoms with van der Waals surface area (Å²) in [4.78, 5) is 11.0. The Morgan fingerprint density at radius 1 is 0.909 bits per heavy atom. The number of carbonyl (C=O) groups excluding carboxylic acids is 1. The highest BCUT2D eigenvalue weighted by Gasteiger charge is 2.16. The number of hydrogen-bond acceptors (Lipinski definition) is 4. The van der Waals surface area contributed by atoms with Crippen LogP contribution in [-0.2, 0) is 0 Å². The maximum absolute atomic E-state index is 14.7. The van der Waals surface area contributed by atoms with Crippen LogP contribution in [0, 0.1) is 5.82 Å². The number of allylic oxidation sites excluding steroid dienone is 1. The number of halogens is 1. The number of methoxy groups -OCH3 is 2. The molecular weight excluding hydrogens is 423 g/mol. The quantitative estimate of drug-likeness (QED) is 0.412.